The number of ether oxygens (including phenoxy) is 1. The van der Waals surface area contributed by atoms with E-state index in [2.05, 4.69) is 10.6 Å². The molecule has 10 heteroatoms. The summed E-state index contributed by atoms with van der Waals surface area (Å²) in [6.45, 7) is 6.50. The number of hydrogen-bond acceptors (Lipinski definition) is 6. The van der Waals surface area contributed by atoms with Crippen LogP contribution >= 0.6 is 0 Å². The highest BCUT2D eigenvalue weighted by atomic mass is 16.6. The number of aryl methyl sites for hydroxylation is 1. The van der Waals surface area contributed by atoms with Crippen LogP contribution in [0.1, 0.15) is 82.9 Å². The van der Waals surface area contributed by atoms with Gasteiger partial charge in [0.2, 0.25) is 17.7 Å². The second-order valence-corrected chi connectivity index (χ2v) is 10.5. The van der Waals surface area contributed by atoms with Gasteiger partial charge in [0, 0.05) is 12.5 Å². The third-order valence-corrected chi connectivity index (χ3v) is 6.06. The van der Waals surface area contributed by atoms with Crippen LogP contribution in [0.15, 0.2) is 24.3 Å². The van der Waals surface area contributed by atoms with Gasteiger partial charge in [-0.2, -0.15) is 5.26 Å². The van der Waals surface area contributed by atoms with Crippen LogP contribution in [0.25, 0.3) is 0 Å². The maximum absolute atomic E-state index is 13.8. The first-order valence-corrected chi connectivity index (χ1v) is 12.7. The van der Waals surface area contributed by atoms with E-state index in [1.165, 1.54) is 0 Å². The summed E-state index contributed by atoms with van der Waals surface area (Å²) in [4.78, 5) is 52.6. The summed E-state index contributed by atoms with van der Waals surface area (Å²) in [6, 6.07) is 6.80. The second-order valence-electron chi connectivity index (χ2n) is 10.5. The van der Waals surface area contributed by atoms with Gasteiger partial charge >= 0.3 is 6.09 Å². The average Bonchev–Trinajstić information content (AvgIpc) is 2.80. The number of nitrogens with zero attached hydrogens (tertiary/aromatic N) is 2. The molecule has 1 saturated carbocycles. The third kappa shape index (κ3) is 9.75. The Morgan fingerprint density at radius 3 is 2.43 bits per heavy atom. The molecule has 202 valence electrons. The first-order chi connectivity index (χ1) is 17.4. The summed E-state index contributed by atoms with van der Waals surface area (Å²) in [5.41, 5.74) is 5.91. The Morgan fingerprint density at radius 2 is 1.86 bits per heavy atom. The lowest BCUT2D eigenvalue weighted by Gasteiger charge is -2.34. The summed E-state index contributed by atoms with van der Waals surface area (Å²) in [6.07, 6.45) is 3.68. The molecule has 0 saturated heterocycles. The molecule has 1 fully saturated rings. The van der Waals surface area contributed by atoms with Crippen LogP contribution in [0.5, 0.6) is 0 Å². The molecule has 2 rings (SSSR count). The Morgan fingerprint density at radius 1 is 1.19 bits per heavy atom. The standard InChI is InChI=1S/C27H39N5O5/c1-18-9-8-10-19(17-18)23(24(34)30-20-11-6-5-7-12-20)32(16-15-28)25(35)21(13-14-22(29)33)31-26(36)37-27(2,3)4/h8-10,17,20-21,23H,5-7,11-14,16H2,1-4H3,(H2,29,33)(H,30,34)(H,31,36). The fourth-order valence-corrected chi connectivity index (χ4v) is 4.41. The number of nitriles is 1. The molecule has 10 nitrogen and oxygen atoms in total. The number of carbonyl (C=O) groups is 4. The highest BCUT2D eigenvalue weighted by Crippen LogP contribution is 2.26. The predicted molar refractivity (Wildman–Crippen MR) is 138 cm³/mol. The van der Waals surface area contributed by atoms with Crippen molar-refractivity contribution in [2.75, 3.05) is 6.54 Å². The summed E-state index contributed by atoms with van der Waals surface area (Å²) >= 11 is 0. The van der Waals surface area contributed by atoms with E-state index in [1.807, 2.05) is 19.1 Å². The second kappa shape index (κ2) is 13.6. The molecule has 1 aliphatic carbocycles. The topological polar surface area (TPSA) is 155 Å². The van der Waals surface area contributed by atoms with Gasteiger partial charge in [-0.25, -0.2) is 4.79 Å². The minimum atomic E-state index is -1.23. The van der Waals surface area contributed by atoms with Crippen molar-refractivity contribution < 1.29 is 23.9 Å². The monoisotopic (exact) mass is 513 g/mol. The lowest BCUT2D eigenvalue weighted by Crippen LogP contribution is -2.54. The van der Waals surface area contributed by atoms with Crippen LogP contribution in [0.2, 0.25) is 0 Å². The summed E-state index contributed by atoms with van der Waals surface area (Å²) in [7, 11) is 0. The Kier molecular flexibility index (Phi) is 10.9. The van der Waals surface area contributed by atoms with Gasteiger partial charge in [-0.05, 0) is 52.5 Å². The zero-order valence-electron chi connectivity index (χ0n) is 22.2. The van der Waals surface area contributed by atoms with E-state index in [1.54, 1.807) is 39.0 Å². The van der Waals surface area contributed by atoms with E-state index in [0.717, 1.165) is 42.6 Å². The highest BCUT2D eigenvalue weighted by Gasteiger charge is 2.37. The summed E-state index contributed by atoms with van der Waals surface area (Å²) in [5.74, 6) is -1.73. The van der Waals surface area contributed by atoms with E-state index in [9.17, 15) is 24.4 Å². The van der Waals surface area contributed by atoms with Crippen molar-refractivity contribution in [2.45, 2.75) is 96.4 Å². The van der Waals surface area contributed by atoms with Crippen LogP contribution < -0.4 is 16.4 Å². The van der Waals surface area contributed by atoms with Crippen molar-refractivity contribution in [3.8, 4) is 6.07 Å². The Balaban J connectivity index is 2.43. The van der Waals surface area contributed by atoms with Crippen molar-refractivity contribution >= 4 is 23.8 Å². The van der Waals surface area contributed by atoms with Crippen LogP contribution in [-0.4, -0.2) is 52.9 Å². The molecular weight excluding hydrogens is 474 g/mol. The minimum absolute atomic E-state index is 0.0156. The molecule has 0 aromatic heterocycles. The van der Waals surface area contributed by atoms with Crippen LogP contribution in [-0.2, 0) is 19.1 Å². The molecule has 1 aromatic carbocycles. The molecular formula is C27H39N5O5. The number of amides is 4. The van der Waals surface area contributed by atoms with Crippen molar-refractivity contribution in [1.82, 2.24) is 15.5 Å². The van der Waals surface area contributed by atoms with Gasteiger partial charge in [-0.1, -0.05) is 49.1 Å². The van der Waals surface area contributed by atoms with Crippen molar-refractivity contribution in [3.05, 3.63) is 35.4 Å². The first-order valence-electron chi connectivity index (χ1n) is 12.7. The van der Waals surface area contributed by atoms with Crippen LogP contribution in [0, 0.1) is 18.3 Å². The molecule has 37 heavy (non-hydrogen) atoms. The third-order valence-electron chi connectivity index (χ3n) is 6.06. The Bertz CT molecular complexity index is 1010. The van der Waals surface area contributed by atoms with Crippen molar-refractivity contribution in [1.29, 1.82) is 5.26 Å². The van der Waals surface area contributed by atoms with E-state index < -0.39 is 48.0 Å². The molecule has 4 N–H and O–H groups in total. The molecule has 1 aliphatic rings. The summed E-state index contributed by atoms with van der Waals surface area (Å²) in [5, 5.41) is 15.2. The van der Waals surface area contributed by atoms with E-state index >= 15 is 0 Å². The van der Waals surface area contributed by atoms with Crippen LogP contribution in [0.4, 0.5) is 4.79 Å². The Hall–Kier alpha value is -3.61. The number of rotatable bonds is 10. The van der Waals surface area contributed by atoms with Gasteiger partial charge in [0.25, 0.3) is 0 Å². The maximum Gasteiger partial charge on any atom is 0.408 e. The number of primary amides is 1. The number of carbonyl (C=O) groups excluding carboxylic acids is 4. The number of nitrogens with one attached hydrogen (secondary N) is 2. The molecule has 2 unspecified atom stereocenters. The smallest absolute Gasteiger partial charge is 0.408 e. The first kappa shape index (κ1) is 29.6. The maximum atomic E-state index is 13.8. The fraction of sp³-hybridized carbons (Fsp3) is 0.593. The molecule has 0 spiro atoms. The van der Waals surface area contributed by atoms with Gasteiger partial charge in [0.1, 0.15) is 24.2 Å². The van der Waals surface area contributed by atoms with Gasteiger partial charge in [0.05, 0.1) is 6.07 Å². The molecule has 0 bridgehead atoms. The molecule has 2 atom stereocenters. The lowest BCUT2D eigenvalue weighted by molar-refractivity contribution is -0.142. The number of benzene rings is 1. The predicted octanol–water partition coefficient (Wildman–Crippen LogP) is 3.00. The van der Waals surface area contributed by atoms with Gasteiger partial charge in [0.15, 0.2) is 0 Å². The minimum Gasteiger partial charge on any atom is -0.444 e. The number of nitrogens with two attached hydrogens (primary N) is 1. The van der Waals surface area contributed by atoms with Gasteiger partial charge < -0.3 is 26.0 Å². The summed E-state index contributed by atoms with van der Waals surface area (Å²) < 4.78 is 5.29. The zero-order chi connectivity index (χ0) is 27.6. The van der Waals surface area contributed by atoms with Crippen molar-refractivity contribution in [3.63, 3.8) is 0 Å². The average molecular weight is 514 g/mol. The van der Waals surface area contributed by atoms with Crippen molar-refractivity contribution in [2.24, 2.45) is 5.73 Å². The normalized spacial score (nSPS) is 15.5. The van der Waals surface area contributed by atoms with E-state index in [-0.39, 0.29) is 18.9 Å². The molecule has 0 heterocycles. The quantitative estimate of drug-likeness (QED) is 0.409. The number of alkyl carbamates (subject to hydrolysis) is 1. The highest BCUT2D eigenvalue weighted by molar-refractivity contribution is 5.92. The molecule has 0 radical (unpaired) electrons. The van der Waals surface area contributed by atoms with Gasteiger partial charge in [-0.3, -0.25) is 14.4 Å². The Labute approximate surface area is 218 Å². The largest absolute Gasteiger partial charge is 0.444 e. The van der Waals surface area contributed by atoms with E-state index in [0.29, 0.717) is 5.56 Å². The number of hydrogen-bond donors (Lipinski definition) is 3. The van der Waals surface area contributed by atoms with E-state index in [4.69, 9.17) is 10.5 Å². The van der Waals surface area contributed by atoms with Gasteiger partial charge in [-0.15, -0.1) is 0 Å². The molecule has 1 aromatic rings. The fourth-order valence-electron chi connectivity index (χ4n) is 4.41. The zero-order valence-corrected chi connectivity index (χ0v) is 22.2. The molecule has 0 aliphatic heterocycles. The SMILES string of the molecule is Cc1cccc(C(C(=O)NC2CCCCC2)N(CC#N)C(=O)C(CCC(N)=O)NC(=O)OC(C)(C)C)c1. The lowest BCUT2D eigenvalue weighted by atomic mass is 9.94. The van der Waals surface area contributed by atoms with Crippen LogP contribution in [0.3, 0.4) is 0 Å². The molecule has 4 amide bonds.